The van der Waals surface area contributed by atoms with Crippen LogP contribution in [0.3, 0.4) is 0 Å². The zero-order chi connectivity index (χ0) is 18.3. The SMILES string of the molecule is CO[C@@H]1OC[C@]2(C)CCC[C@]3(COC(=O)[C@@]45C[C@@H](CC[C@H]43)C(C)C5=O)[C@H]12. The number of ketones is 1. The maximum atomic E-state index is 13.3. The molecule has 0 amide bonds. The summed E-state index contributed by atoms with van der Waals surface area (Å²) in [6, 6.07) is 0. The Morgan fingerprint density at radius 1 is 1.15 bits per heavy atom. The molecular weight excluding hydrogens is 332 g/mol. The van der Waals surface area contributed by atoms with Gasteiger partial charge in [-0.1, -0.05) is 20.3 Å². The molecule has 144 valence electrons. The maximum absolute atomic E-state index is 13.3. The summed E-state index contributed by atoms with van der Waals surface area (Å²) in [6.07, 6.45) is 5.66. The van der Waals surface area contributed by atoms with Crippen LogP contribution in [0.25, 0.3) is 0 Å². The molecule has 2 spiro atoms. The average Bonchev–Trinajstić information content (AvgIpc) is 3.08. The second-order valence-electron chi connectivity index (χ2n) is 9.93. The van der Waals surface area contributed by atoms with Crippen LogP contribution in [0.1, 0.15) is 52.4 Å². The molecular formula is C21H30O5. The Balaban J connectivity index is 1.65. The smallest absolute Gasteiger partial charge is 0.319 e. The van der Waals surface area contributed by atoms with Crippen LogP contribution in [-0.2, 0) is 23.8 Å². The second-order valence-corrected chi connectivity index (χ2v) is 9.93. The summed E-state index contributed by atoms with van der Waals surface area (Å²) in [5.74, 6) is 0.490. The predicted octanol–water partition coefficient (Wildman–Crippen LogP) is 2.96. The highest BCUT2D eigenvalue weighted by Gasteiger charge is 2.74. The minimum Gasteiger partial charge on any atom is -0.464 e. The van der Waals surface area contributed by atoms with E-state index in [9.17, 15) is 9.59 Å². The third kappa shape index (κ3) is 1.80. The lowest BCUT2D eigenvalue weighted by atomic mass is 9.45. The molecule has 5 rings (SSSR count). The molecule has 2 aliphatic heterocycles. The summed E-state index contributed by atoms with van der Waals surface area (Å²) in [7, 11) is 1.71. The largest absolute Gasteiger partial charge is 0.464 e. The first-order valence-corrected chi connectivity index (χ1v) is 10.2. The number of rotatable bonds is 1. The molecule has 0 aromatic rings. The highest BCUT2D eigenvalue weighted by molar-refractivity contribution is 6.07. The molecule has 0 N–H and O–H groups in total. The molecule has 2 heterocycles. The fraction of sp³-hybridized carbons (Fsp3) is 0.905. The highest BCUT2D eigenvalue weighted by atomic mass is 16.7. The molecule has 5 nitrogen and oxygen atoms in total. The Bertz CT molecular complexity index is 661. The van der Waals surface area contributed by atoms with Crippen LogP contribution in [0, 0.1) is 39.9 Å². The van der Waals surface area contributed by atoms with E-state index >= 15 is 0 Å². The molecule has 8 atom stereocenters. The summed E-state index contributed by atoms with van der Waals surface area (Å²) in [4.78, 5) is 26.3. The van der Waals surface area contributed by atoms with Crippen LogP contribution in [0.15, 0.2) is 0 Å². The van der Waals surface area contributed by atoms with Crippen LogP contribution < -0.4 is 0 Å². The molecule has 2 saturated heterocycles. The second kappa shape index (κ2) is 5.32. The standard InChI is InChI=1S/C21H30O5/c1-12-13-5-6-14-20(11-26-18(23)21(14,9-13)16(12)22)8-4-7-19(2)10-25-17(24-3)15(19)20/h12-15,17H,4-11H2,1-3H3/t12?,13-,14+,15-,17-,19+,20-,21+/m1/s1. The first-order chi connectivity index (χ1) is 12.4. The van der Waals surface area contributed by atoms with E-state index in [1.165, 1.54) is 0 Å². The Morgan fingerprint density at radius 2 is 1.96 bits per heavy atom. The van der Waals surface area contributed by atoms with Crippen molar-refractivity contribution in [2.24, 2.45) is 39.9 Å². The van der Waals surface area contributed by atoms with Gasteiger partial charge in [0.25, 0.3) is 0 Å². The van der Waals surface area contributed by atoms with Crippen molar-refractivity contribution in [3.05, 3.63) is 0 Å². The Labute approximate surface area is 155 Å². The lowest BCUT2D eigenvalue weighted by Gasteiger charge is -2.60. The average molecular weight is 362 g/mol. The van der Waals surface area contributed by atoms with Crippen LogP contribution in [0.2, 0.25) is 0 Å². The number of ether oxygens (including phenoxy) is 3. The Morgan fingerprint density at radius 3 is 2.73 bits per heavy atom. The summed E-state index contributed by atoms with van der Waals surface area (Å²) in [5, 5.41) is 0. The molecule has 3 aliphatic carbocycles. The van der Waals surface area contributed by atoms with Gasteiger partial charge >= 0.3 is 5.97 Å². The quantitative estimate of drug-likeness (QED) is 0.530. The highest BCUT2D eigenvalue weighted by Crippen LogP contribution is 2.69. The van der Waals surface area contributed by atoms with Gasteiger partial charge in [-0.15, -0.1) is 0 Å². The number of carbonyl (C=O) groups excluding carboxylic acids is 2. The summed E-state index contributed by atoms with van der Waals surface area (Å²) in [5.41, 5.74) is -1.06. The number of hydrogen-bond acceptors (Lipinski definition) is 5. The number of Topliss-reactive ketones (excluding diaryl/α,β-unsaturated/α-hetero) is 1. The first kappa shape index (κ1) is 17.2. The summed E-state index contributed by atoms with van der Waals surface area (Å²) < 4.78 is 17.7. The fourth-order valence-electron chi connectivity index (χ4n) is 7.85. The third-order valence-electron chi connectivity index (χ3n) is 8.94. The summed E-state index contributed by atoms with van der Waals surface area (Å²) in [6.45, 7) is 5.43. The van der Waals surface area contributed by atoms with E-state index in [2.05, 4.69) is 6.92 Å². The molecule has 5 heteroatoms. The molecule has 3 saturated carbocycles. The molecule has 26 heavy (non-hydrogen) atoms. The fourth-order valence-corrected chi connectivity index (χ4v) is 7.85. The zero-order valence-electron chi connectivity index (χ0n) is 16.1. The van der Waals surface area contributed by atoms with Gasteiger partial charge in [-0.3, -0.25) is 9.59 Å². The topological polar surface area (TPSA) is 61.8 Å². The van der Waals surface area contributed by atoms with E-state index in [1.54, 1.807) is 7.11 Å². The van der Waals surface area contributed by atoms with Crippen molar-refractivity contribution < 1.29 is 23.8 Å². The van der Waals surface area contributed by atoms with Gasteiger partial charge < -0.3 is 14.2 Å². The first-order valence-electron chi connectivity index (χ1n) is 10.2. The summed E-state index contributed by atoms with van der Waals surface area (Å²) >= 11 is 0. The van der Waals surface area contributed by atoms with Gasteiger partial charge in [0.15, 0.2) is 12.1 Å². The van der Waals surface area contributed by atoms with Crippen molar-refractivity contribution in [1.29, 1.82) is 0 Å². The third-order valence-corrected chi connectivity index (χ3v) is 8.94. The lowest BCUT2D eigenvalue weighted by Crippen LogP contribution is -2.64. The lowest BCUT2D eigenvalue weighted by molar-refractivity contribution is -0.228. The minimum atomic E-state index is -0.903. The van der Waals surface area contributed by atoms with E-state index in [0.29, 0.717) is 25.6 Å². The predicted molar refractivity (Wildman–Crippen MR) is 93.0 cm³/mol. The molecule has 0 aromatic carbocycles. The molecule has 0 radical (unpaired) electrons. The minimum absolute atomic E-state index is 0.0178. The number of carbonyl (C=O) groups is 2. The molecule has 0 aromatic heterocycles. The van der Waals surface area contributed by atoms with Gasteiger partial charge in [0, 0.05) is 24.4 Å². The number of methoxy groups -OCH3 is 1. The van der Waals surface area contributed by atoms with E-state index < -0.39 is 5.41 Å². The van der Waals surface area contributed by atoms with E-state index in [1.807, 2.05) is 6.92 Å². The van der Waals surface area contributed by atoms with Crippen LogP contribution in [0.5, 0.6) is 0 Å². The molecule has 2 bridgehead atoms. The maximum Gasteiger partial charge on any atom is 0.319 e. The van der Waals surface area contributed by atoms with Crippen LogP contribution >= 0.6 is 0 Å². The number of hydrogen-bond donors (Lipinski definition) is 0. The van der Waals surface area contributed by atoms with Crippen molar-refractivity contribution in [2.75, 3.05) is 20.3 Å². The van der Waals surface area contributed by atoms with Gasteiger partial charge in [0.05, 0.1) is 13.2 Å². The van der Waals surface area contributed by atoms with Gasteiger partial charge in [0.1, 0.15) is 5.41 Å². The van der Waals surface area contributed by atoms with Crippen LogP contribution in [0.4, 0.5) is 0 Å². The Kier molecular flexibility index (Phi) is 3.51. The van der Waals surface area contributed by atoms with Crippen molar-refractivity contribution in [3.8, 4) is 0 Å². The van der Waals surface area contributed by atoms with Gasteiger partial charge in [-0.05, 0) is 49.4 Å². The van der Waals surface area contributed by atoms with Gasteiger partial charge in [0.2, 0.25) is 0 Å². The monoisotopic (exact) mass is 362 g/mol. The van der Waals surface area contributed by atoms with Crippen molar-refractivity contribution in [2.45, 2.75) is 58.7 Å². The van der Waals surface area contributed by atoms with E-state index in [-0.39, 0.29) is 46.6 Å². The van der Waals surface area contributed by atoms with Crippen molar-refractivity contribution >= 4 is 11.8 Å². The van der Waals surface area contributed by atoms with Crippen molar-refractivity contribution in [3.63, 3.8) is 0 Å². The number of fused-ring (bicyclic) bond motifs is 4. The molecule has 5 fully saturated rings. The number of esters is 1. The van der Waals surface area contributed by atoms with Crippen molar-refractivity contribution in [1.82, 2.24) is 0 Å². The van der Waals surface area contributed by atoms with Gasteiger partial charge in [-0.2, -0.15) is 0 Å². The Hall–Kier alpha value is -0.940. The van der Waals surface area contributed by atoms with Crippen LogP contribution in [-0.4, -0.2) is 38.4 Å². The van der Waals surface area contributed by atoms with E-state index in [4.69, 9.17) is 14.2 Å². The number of cyclic esters (lactones) is 1. The van der Waals surface area contributed by atoms with Gasteiger partial charge in [-0.25, -0.2) is 0 Å². The molecule has 1 unspecified atom stereocenters. The van der Waals surface area contributed by atoms with E-state index in [0.717, 1.165) is 32.1 Å². The zero-order valence-corrected chi connectivity index (χ0v) is 16.1. The molecule has 5 aliphatic rings. The normalized spacial score (nSPS) is 55.6.